The number of hydrogen-bond donors (Lipinski definition) is 5. The summed E-state index contributed by atoms with van der Waals surface area (Å²) < 4.78 is 0. The average molecular weight is 370 g/mol. The van der Waals surface area contributed by atoms with Gasteiger partial charge in [0.1, 0.15) is 6.04 Å². The van der Waals surface area contributed by atoms with E-state index in [2.05, 4.69) is 20.6 Å². The van der Waals surface area contributed by atoms with Crippen molar-refractivity contribution in [2.45, 2.75) is 31.8 Å². The highest BCUT2D eigenvalue weighted by molar-refractivity contribution is 8.13. The molecular weight excluding hydrogens is 348 g/mol. The summed E-state index contributed by atoms with van der Waals surface area (Å²) >= 11 is 0.830. The van der Waals surface area contributed by atoms with E-state index in [0.717, 1.165) is 11.8 Å². The molecule has 0 bridgehead atoms. The normalized spacial score (nSPS) is 12.9. The number of aromatic nitrogens is 2. The van der Waals surface area contributed by atoms with Crippen LogP contribution in [0.15, 0.2) is 12.5 Å². The number of nitrogens with one attached hydrogen (secondary N) is 3. The Labute approximate surface area is 148 Å². The minimum Gasteiger partial charge on any atom is -0.368 e. The Morgan fingerprint density at radius 1 is 1.36 bits per heavy atom. The molecule has 1 rings (SSSR count). The van der Waals surface area contributed by atoms with Crippen molar-refractivity contribution in [1.29, 1.82) is 0 Å². The summed E-state index contributed by atoms with van der Waals surface area (Å²) in [5.41, 5.74) is 11.2. The number of nitrogens with two attached hydrogens (primary N) is 2. The van der Waals surface area contributed by atoms with Crippen LogP contribution >= 0.6 is 11.8 Å². The van der Waals surface area contributed by atoms with Gasteiger partial charge in [-0.1, -0.05) is 11.8 Å². The van der Waals surface area contributed by atoms with E-state index in [1.165, 1.54) is 13.3 Å². The number of H-pyrrole nitrogens is 1. The molecule has 0 fully saturated rings. The number of primary amides is 1. The largest absolute Gasteiger partial charge is 0.368 e. The molecule has 2 atom stereocenters. The molecule has 1 heterocycles. The van der Waals surface area contributed by atoms with Crippen LogP contribution in [0.3, 0.4) is 0 Å². The molecule has 0 aliphatic rings. The third kappa shape index (κ3) is 8.31. The molecule has 0 spiro atoms. The second-order valence-corrected chi connectivity index (χ2v) is 6.30. The quantitative estimate of drug-likeness (QED) is 0.318. The van der Waals surface area contributed by atoms with Crippen molar-refractivity contribution in [3.8, 4) is 0 Å². The fourth-order valence-corrected chi connectivity index (χ4v) is 2.63. The zero-order valence-electron chi connectivity index (χ0n) is 13.8. The van der Waals surface area contributed by atoms with Crippen LogP contribution in [0.4, 0.5) is 0 Å². The standard InChI is InChI=1S/C14H22N6O4S/c1-8(21)18-3-2-12(22)20-11(4-9-5-17-7-19-9)14(24)25-6-10(15)13(16)23/h5,7,10-11H,2-4,6,15H2,1H3,(H2,16,23)(H,17,19)(H,18,21)(H,20,22). The Morgan fingerprint density at radius 2 is 2.08 bits per heavy atom. The lowest BCUT2D eigenvalue weighted by atomic mass is 10.2. The molecule has 0 radical (unpaired) electrons. The molecule has 1 aromatic heterocycles. The maximum Gasteiger partial charge on any atom is 0.235 e. The van der Waals surface area contributed by atoms with Crippen LogP contribution in [-0.2, 0) is 25.6 Å². The number of hydrogen-bond acceptors (Lipinski definition) is 7. The lowest BCUT2D eigenvalue weighted by Crippen LogP contribution is -2.44. The third-order valence-corrected chi connectivity index (χ3v) is 4.19. The summed E-state index contributed by atoms with van der Waals surface area (Å²) in [6.07, 6.45) is 3.26. The Morgan fingerprint density at radius 3 is 2.64 bits per heavy atom. The van der Waals surface area contributed by atoms with Crippen LogP contribution < -0.4 is 22.1 Å². The first-order valence-electron chi connectivity index (χ1n) is 7.52. The number of thioether (sulfide) groups is 1. The van der Waals surface area contributed by atoms with E-state index < -0.39 is 18.0 Å². The molecule has 25 heavy (non-hydrogen) atoms. The predicted octanol–water partition coefficient (Wildman–Crippen LogP) is -1.96. The highest BCUT2D eigenvalue weighted by Crippen LogP contribution is 2.11. The van der Waals surface area contributed by atoms with Crippen molar-refractivity contribution in [3.63, 3.8) is 0 Å². The van der Waals surface area contributed by atoms with Crippen molar-refractivity contribution < 1.29 is 19.2 Å². The lowest BCUT2D eigenvalue weighted by molar-refractivity contribution is -0.125. The number of rotatable bonds is 10. The molecule has 3 amide bonds. The molecule has 138 valence electrons. The highest BCUT2D eigenvalue weighted by Gasteiger charge is 2.23. The fourth-order valence-electron chi connectivity index (χ4n) is 1.78. The maximum absolute atomic E-state index is 12.4. The molecular formula is C14H22N6O4S. The van der Waals surface area contributed by atoms with Crippen molar-refractivity contribution in [2.24, 2.45) is 11.5 Å². The predicted molar refractivity (Wildman–Crippen MR) is 92.2 cm³/mol. The number of amides is 3. The van der Waals surface area contributed by atoms with Crippen LogP contribution in [0.1, 0.15) is 19.0 Å². The topological polar surface area (TPSA) is 173 Å². The van der Waals surface area contributed by atoms with Gasteiger partial charge in [0.15, 0.2) is 0 Å². The van der Waals surface area contributed by atoms with Gasteiger partial charge in [-0.05, 0) is 0 Å². The van der Waals surface area contributed by atoms with Crippen LogP contribution in [0, 0.1) is 0 Å². The monoisotopic (exact) mass is 370 g/mol. The van der Waals surface area contributed by atoms with E-state index in [1.54, 1.807) is 6.20 Å². The minimum atomic E-state index is -0.947. The second kappa shape index (κ2) is 10.5. The SMILES string of the molecule is CC(=O)NCCC(=O)NC(Cc1cnc[nH]1)C(=O)SCC(N)C(N)=O. The smallest absolute Gasteiger partial charge is 0.235 e. The fraction of sp³-hybridized carbons (Fsp3) is 0.500. The summed E-state index contributed by atoms with van der Waals surface area (Å²) in [5, 5.41) is 4.77. The number of carbonyl (C=O) groups is 4. The van der Waals surface area contributed by atoms with Crippen LogP contribution in [0.2, 0.25) is 0 Å². The highest BCUT2D eigenvalue weighted by atomic mass is 32.2. The van der Waals surface area contributed by atoms with E-state index in [0.29, 0.717) is 5.69 Å². The molecule has 0 aromatic carbocycles. The number of imidazole rings is 1. The van der Waals surface area contributed by atoms with Gasteiger partial charge in [0.2, 0.25) is 22.8 Å². The van der Waals surface area contributed by atoms with Crippen molar-refractivity contribution in [3.05, 3.63) is 18.2 Å². The minimum absolute atomic E-state index is 0.0232. The first-order valence-corrected chi connectivity index (χ1v) is 8.50. The van der Waals surface area contributed by atoms with Gasteiger partial charge in [0.05, 0.1) is 12.4 Å². The third-order valence-electron chi connectivity index (χ3n) is 3.10. The Kier molecular flexibility index (Phi) is 8.64. The molecule has 11 heteroatoms. The van der Waals surface area contributed by atoms with Gasteiger partial charge in [-0.15, -0.1) is 0 Å². The molecule has 0 aliphatic carbocycles. The van der Waals surface area contributed by atoms with Gasteiger partial charge in [-0.3, -0.25) is 19.2 Å². The number of nitrogens with zero attached hydrogens (tertiary/aromatic N) is 1. The summed E-state index contributed by atoms with van der Waals surface area (Å²) in [4.78, 5) is 52.8. The van der Waals surface area contributed by atoms with E-state index in [4.69, 9.17) is 11.5 Å². The van der Waals surface area contributed by atoms with Gasteiger partial charge < -0.3 is 27.1 Å². The summed E-state index contributed by atoms with van der Waals surface area (Å²) in [6.45, 7) is 1.52. The lowest BCUT2D eigenvalue weighted by Gasteiger charge is -2.17. The molecule has 0 saturated carbocycles. The molecule has 1 aromatic rings. The van der Waals surface area contributed by atoms with E-state index >= 15 is 0 Å². The Balaban J connectivity index is 2.62. The molecule has 2 unspecified atom stereocenters. The number of carbonyl (C=O) groups excluding carboxylic acids is 4. The van der Waals surface area contributed by atoms with Gasteiger partial charge in [-0.25, -0.2) is 4.98 Å². The molecule has 7 N–H and O–H groups in total. The van der Waals surface area contributed by atoms with E-state index in [1.807, 2.05) is 0 Å². The van der Waals surface area contributed by atoms with E-state index in [9.17, 15) is 19.2 Å². The van der Waals surface area contributed by atoms with Crippen molar-refractivity contribution in [1.82, 2.24) is 20.6 Å². The Hall–Kier alpha value is -2.40. The summed E-state index contributed by atoms with van der Waals surface area (Å²) in [7, 11) is 0. The van der Waals surface area contributed by atoms with Crippen molar-refractivity contribution >= 4 is 34.6 Å². The summed E-state index contributed by atoms with van der Waals surface area (Å²) in [6, 6.07) is -1.77. The van der Waals surface area contributed by atoms with Crippen LogP contribution in [0.25, 0.3) is 0 Å². The van der Waals surface area contributed by atoms with Crippen molar-refractivity contribution in [2.75, 3.05) is 12.3 Å². The van der Waals surface area contributed by atoms with Gasteiger partial charge >= 0.3 is 0 Å². The summed E-state index contributed by atoms with van der Waals surface area (Å²) in [5.74, 6) is -1.31. The second-order valence-electron chi connectivity index (χ2n) is 5.27. The maximum atomic E-state index is 12.4. The first-order chi connectivity index (χ1) is 11.8. The Bertz CT molecular complexity index is 606. The zero-order valence-corrected chi connectivity index (χ0v) is 14.6. The first kappa shape index (κ1) is 20.6. The van der Waals surface area contributed by atoms with E-state index in [-0.39, 0.29) is 42.1 Å². The van der Waals surface area contributed by atoms with Gasteiger partial charge in [-0.2, -0.15) is 0 Å². The average Bonchev–Trinajstić information content (AvgIpc) is 3.04. The number of aromatic amines is 1. The molecule has 10 nitrogen and oxygen atoms in total. The molecule has 0 aliphatic heterocycles. The van der Waals surface area contributed by atoms with Crippen LogP contribution in [-0.4, -0.2) is 57.2 Å². The molecule has 0 saturated heterocycles. The van der Waals surface area contributed by atoms with Crippen LogP contribution in [0.5, 0.6) is 0 Å². The van der Waals surface area contributed by atoms with Gasteiger partial charge in [0.25, 0.3) is 0 Å². The van der Waals surface area contributed by atoms with Gasteiger partial charge in [0, 0.05) is 44.0 Å². The zero-order chi connectivity index (χ0) is 18.8.